The number of aromatic nitrogens is 4. The fraction of sp³-hybridized carbons (Fsp3) is 0.545. The Morgan fingerprint density at radius 3 is 2.62 bits per heavy atom. The first-order valence-electron chi connectivity index (χ1n) is 5.35. The molecule has 0 amide bonds. The van der Waals surface area contributed by atoms with E-state index in [1.54, 1.807) is 6.20 Å². The summed E-state index contributed by atoms with van der Waals surface area (Å²) in [5.41, 5.74) is 6.70. The Hall–Kier alpha value is -1.65. The van der Waals surface area contributed by atoms with Gasteiger partial charge in [-0.3, -0.25) is 0 Å². The van der Waals surface area contributed by atoms with Gasteiger partial charge in [0.05, 0.1) is 17.6 Å². The van der Waals surface area contributed by atoms with E-state index in [9.17, 15) is 0 Å². The molecule has 2 aromatic rings. The van der Waals surface area contributed by atoms with Crippen LogP contribution < -0.4 is 5.73 Å². The van der Waals surface area contributed by atoms with Gasteiger partial charge in [0, 0.05) is 0 Å². The van der Waals surface area contributed by atoms with Crippen molar-refractivity contribution in [1.29, 1.82) is 0 Å². The summed E-state index contributed by atoms with van der Waals surface area (Å²) in [4.78, 5) is 8.20. The summed E-state index contributed by atoms with van der Waals surface area (Å²) in [6.07, 6.45) is 3.21. The van der Waals surface area contributed by atoms with Crippen LogP contribution in [-0.4, -0.2) is 19.7 Å². The third kappa shape index (κ3) is 1.62. The molecule has 1 atom stereocenters. The number of hydrogen-bond donors (Lipinski definition) is 1. The SMILES string of the molecule is C[C@@H](n1ncc2c(N)ncnc21)C(C)(C)C. The van der Waals surface area contributed by atoms with Crippen molar-refractivity contribution in [2.45, 2.75) is 33.7 Å². The van der Waals surface area contributed by atoms with Crippen LogP contribution in [0.1, 0.15) is 33.7 Å². The monoisotopic (exact) mass is 219 g/mol. The van der Waals surface area contributed by atoms with Crippen molar-refractivity contribution >= 4 is 16.9 Å². The molecule has 0 bridgehead atoms. The van der Waals surface area contributed by atoms with E-state index in [-0.39, 0.29) is 11.5 Å². The zero-order valence-electron chi connectivity index (χ0n) is 10.1. The highest BCUT2D eigenvalue weighted by atomic mass is 15.3. The summed E-state index contributed by atoms with van der Waals surface area (Å²) in [6, 6.07) is 0.249. The zero-order valence-corrected chi connectivity index (χ0v) is 10.1. The summed E-state index contributed by atoms with van der Waals surface area (Å²) in [5.74, 6) is 0.484. The lowest BCUT2D eigenvalue weighted by Crippen LogP contribution is -2.22. The van der Waals surface area contributed by atoms with Gasteiger partial charge < -0.3 is 5.73 Å². The second-order valence-electron chi connectivity index (χ2n) is 5.13. The van der Waals surface area contributed by atoms with Crippen LogP contribution in [0.5, 0.6) is 0 Å². The van der Waals surface area contributed by atoms with E-state index in [0.717, 1.165) is 11.0 Å². The van der Waals surface area contributed by atoms with Gasteiger partial charge in [0.2, 0.25) is 0 Å². The van der Waals surface area contributed by atoms with Gasteiger partial charge in [0.1, 0.15) is 12.1 Å². The Kier molecular flexibility index (Phi) is 2.33. The molecule has 0 aliphatic rings. The van der Waals surface area contributed by atoms with Gasteiger partial charge >= 0.3 is 0 Å². The van der Waals surface area contributed by atoms with Crippen LogP contribution in [-0.2, 0) is 0 Å². The van der Waals surface area contributed by atoms with E-state index < -0.39 is 0 Å². The molecule has 0 saturated heterocycles. The number of nitrogens with zero attached hydrogens (tertiary/aromatic N) is 4. The molecule has 0 unspecified atom stereocenters. The molecule has 2 heterocycles. The first kappa shape index (κ1) is 10.9. The molecule has 5 heteroatoms. The molecule has 0 spiro atoms. The van der Waals surface area contributed by atoms with Crippen molar-refractivity contribution in [2.24, 2.45) is 5.41 Å². The first-order valence-corrected chi connectivity index (χ1v) is 5.35. The zero-order chi connectivity index (χ0) is 11.9. The maximum Gasteiger partial charge on any atom is 0.163 e. The minimum atomic E-state index is 0.124. The summed E-state index contributed by atoms with van der Waals surface area (Å²) < 4.78 is 1.91. The molecule has 5 nitrogen and oxygen atoms in total. The quantitative estimate of drug-likeness (QED) is 0.796. The lowest BCUT2D eigenvalue weighted by molar-refractivity contribution is 0.249. The van der Waals surface area contributed by atoms with E-state index in [2.05, 4.69) is 42.8 Å². The molecular weight excluding hydrogens is 202 g/mol. The number of hydrogen-bond acceptors (Lipinski definition) is 4. The van der Waals surface area contributed by atoms with E-state index in [4.69, 9.17) is 5.73 Å². The number of fused-ring (bicyclic) bond motifs is 1. The van der Waals surface area contributed by atoms with Gasteiger partial charge in [-0.15, -0.1) is 0 Å². The normalized spacial score (nSPS) is 14.2. The lowest BCUT2D eigenvalue weighted by Gasteiger charge is -2.27. The van der Waals surface area contributed by atoms with Gasteiger partial charge in [-0.25, -0.2) is 14.6 Å². The average Bonchev–Trinajstić information content (AvgIpc) is 2.60. The predicted octanol–water partition coefficient (Wildman–Crippen LogP) is 2.02. The molecule has 0 aliphatic heterocycles. The fourth-order valence-corrected chi connectivity index (χ4v) is 1.53. The minimum absolute atomic E-state index is 0.124. The maximum atomic E-state index is 5.77. The molecule has 0 aromatic carbocycles. The van der Waals surface area contributed by atoms with Crippen LogP contribution in [0, 0.1) is 5.41 Å². The van der Waals surface area contributed by atoms with E-state index in [1.165, 1.54) is 6.33 Å². The van der Waals surface area contributed by atoms with Crippen molar-refractivity contribution in [3.05, 3.63) is 12.5 Å². The molecule has 2 rings (SSSR count). The fourth-order valence-electron chi connectivity index (χ4n) is 1.53. The second kappa shape index (κ2) is 3.43. The number of rotatable bonds is 1. The average molecular weight is 219 g/mol. The molecule has 0 saturated carbocycles. The predicted molar refractivity (Wildman–Crippen MR) is 63.9 cm³/mol. The number of nitrogens with two attached hydrogens (primary N) is 1. The van der Waals surface area contributed by atoms with Gasteiger partial charge in [-0.2, -0.15) is 5.10 Å². The summed E-state index contributed by atoms with van der Waals surface area (Å²) in [5, 5.41) is 5.17. The van der Waals surface area contributed by atoms with Crippen LogP contribution in [0.15, 0.2) is 12.5 Å². The van der Waals surface area contributed by atoms with Crippen molar-refractivity contribution in [3.8, 4) is 0 Å². The number of anilines is 1. The summed E-state index contributed by atoms with van der Waals surface area (Å²) >= 11 is 0. The smallest absolute Gasteiger partial charge is 0.163 e. The number of nitrogen functional groups attached to an aromatic ring is 1. The van der Waals surface area contributed by atoms with Crippen molar-refractivity contribution in [2.75, 3.05) is 5.73 Å². The van der Waals surface area contributed by atoms with Gasteiger partial charge in [0.25, 0.3) is 0 Å². The molecule has 0 fully saturated rings. The molecule has 0 aliphatic carbocycles. The second-order valence-corrected chi connectivity index (χ2v) is 5.13. The summed E-state index contributed by atoms with van der Waals surface area (Å²) in [6.45, 7) is 8.66. The Morgan fingerprint density at radius 2 is 2.00 bits per heavy atom. The molecule has 86 valence electrons. The Bertz CT molecular complexity index is 509. The van der Waals surface area contributed by atoms with E-state index in [0.29, 0.717) is 5.82 Å². The van der Waals surface area contributed by atoms with Crippen LogP contribution in [0.2, 0.25) is 0 Å². The van der Waals surface area contributed by atoms with E-state index in [1.807, 2.05) is 4.68 Å². The first-order chi connectivity index (χ1) is 7.41. The van der Waals surface area contributed by atoms with Gasteiger partial charge in [-0.1, -0.05) is 20.8 Å². The van der Waals surface area contributed by atoms with Gasteiger partial charge in [-0.05, 0) is 12.3 Å². The topological polar surface area (TPSA) is 69.6 Å². The van der Waals surface area contributed by atoms with Crippen LogP contribution in [0.25, 0.3) is 11.0 Å². The lowest BCUT2D eigenvalue weighted by atomic mass is 9.88. The largest absolute Gasteiger partial charge is 0.383 e. The Morgan fingerprint density at radius 1 is 1.31 bits per heavy atom. The Labute approximate surface area is 94.7 Å². The standard InChI is InChI=1S/C11H17N5/c1-7(11(2,3)4)16-10-8(5-15-16)9(12)13-6-14-10/h5-7H,1-4H3,(H2,12,13,14)/t7-/m1/s1. The third-order valence-electron chi connectivity index (χ3n) is 3.04. The van der Waals surface area contributed by atoms with E-state index >= 15 is 0 Å². The highest BCUT2D eigenvalue weighted by Crippen LogP contribution is 2.31. The molecule has 0 radical (unpaired) electrons. The maximum absolute atomic E-state index is 5.77. The van der Waals surface area contributed by atoms with Gasteiger partial charge in [0.15, 0.2) is 5.65 Å². The van der Waals surface area contributed by atoms with Crippen molar-refractivity contribution < 1.29 is 0 Å². The third-order valence-corrected chi connectivity index (χ3v) is 3.04. The van der Waals surface area contributed by atoms with Crippen molar-refractivity contribution in [1.82, 2.24) is 19.7 Å². The molecule has 16 heavy (non-hydrogen) atoms. The van der Waals surface area contributed by atoms with Crippen LogP contribution in [0.3, 0.4) is 0 Å². The van der Waals surface area contributed by atoms with Crippen molar-refractivity contribution in [3.63, 3.8) is 0 Å². The minimum Gasteiger partial charge on any atom is -0.383 e. The molecule has 2 aromatic heterocycles. The highest BCUT2D eigenvalue weighted by molar-refractivity contribution is 5.84. The molecular formula is C11H17N5. The Balaban J connectivity index is 2.59. The van der Waals surface area contributed by atoms with Crippen LogP contribution in [0.4, 0.5) is 5.82 Å². The highest BCUT2D eigenvalue weighted by Gasteiger charge is 2.24. The molecule has 2 N–H and O–H groups in total. The van der Waals surface area contributed by atoms with Crippen LogP contribution >= 0.6 is 0 Å². The summed E-state index contributed by atoms with van der Waals surface area (Å²) in [7, 11) is 0.